The van der Waals surface area contributed by atoms with Crippen LogP contribution in [-0.2, 0) is 19.1 Å². The lowest BCUT2D eigenvalue weighted by atomic mass is 10.1. The number of primary amides is 1. The molecule has 0 unspecified atom stereocenters. The van der Waals surface area contributed by atoms with E-state index in [2.05, 4.69) is 0 Å². The highest BCUT2D eigenvalue weighted by Gasteiger charge is 2.30. The second-order valence-corrected chi connectivity index (χ2v) is 4.73. The van der Waals surface area contributed by atoms with Gasteiger partial charge in [-0.15, -0.1) is 0 Å². The molecule has 0 spiro atoms. The Morgan fingerprint density at radius 1 is 1.45 bits per heavy atom. The van der Waals surface area contributed by atoms with Crippen LogP contribution in [0.5, 0.6) is 0 Å². The Kier molecular flexibility index (Phi) is 4.75. The molecular weight excluding hydrogens is 262 g/mol. The molecule has 2 aliphatic heterocycles. The molecule has 7 nitrogen and oxygen atoms in total. The molecule has 20 heavy (non-hydrogen) atoms. The maximum Gasteiger partial charge on any atom is 0.319 e. The Morgan fingerprint density at radius 2 is 2.25 bits per heavy atom. The van der Waals surface area contributed by atoms with Crippen LogP contribution in [0.3, 0.4) is 0 Å². The van der Waals surface area contributed by atoms with E-state index in [1.165, 1.54) is 0 Å². The van der Waals surface area contributed by atoms with Crippen molar-refractivity contribution in [2.45, 2.75) is 31.6 Å². The average molecular weight is 281 g/mol. The summed E-state index contributed by atoms with van der Waals surface area (Å²) in [6, 6.07) is 0. The van der Waals surface area contributed by atoms with Crippen LogP contribution < -0.4 is 11.5 Å². The SMILES string of the molecule is NCC(=O)OC[C@@H]1CC[C@H](N2C=CCC(C(N)=O)=C2)O1. The van der Waals surface area contributed by atoms with E-state index in [0.29, 0.717) is 12.0 Å². The van der Waals surface area contributed by atoms with Gasteiger partial charge in [-0.2, -0.15) is 0 Å². The third-order valence-corrected chi connectivity index (χ3v) is 3.25. The van der Waals surface area contributed by atoms with E-state index in [-0.39, 0.29) is 25.5 Å². The maximum absolute atomic E-state index is 11.2. The molecule has 0 bridgehead atoms. The van der Waals surface area contributed by atoms with E-state index in [9.17, 15) is 9.59 Å². The second kappa shape index (κ2) is 6.53. The first kappa shape index (κ1) is 14.5. The van der Waals surface area contributed by atoms with Crippen molar-refractivity contribution < 1.29 is 19.1 Å². The van der Waals surface area contributed by atoms with Gasteiger partial charge in [-0.25, -0.2) is 0 Å². The van der Waals surface area contributed by atoms with Crippen molar-refractivity contribution in [2.24, 2.45) is 11.5 Å². The highest BCUT2D eigenvalue weighted by molar-refractivity contribution is 5.92. The molecule has 1 fully saturated rings. The lowest BCUT2D eigenvalue weighted by Crippen LogP contribution is -2.31. The summed E-state index contributed by atoms with van der Waals surface area (Å²) < 4.78 is 10.7. The Bertz CT molecular complexity index is 447. The Balaban J connectivity index is 1.86. The quantitative estimate of drug-likeness (QED) is 0.663. The summed E-state index contributed by atoms with van der Waals surface area (Å²) in [4.78, 5) is 24.0. The van der Waals surface area contributed by atoms with Crippen molar-refractivity contribution >= 4 is 11.9 Å². The van der Waals surface area contributed by atoms with E-state index < -0.39 is 11.9 Å². The zero-order chi connectivity index (χ0) is 14.5. The maximum atomic E-state index is 11.2. The minimum absolute atomic E-state index is 0.129. The van der Waals surface area contributed by atoms with Gasteiger partial charge in [0.1, 0.15) is 12.8 Å². The van der Waals surface area contributed by atoms with Crippen molar-refractivity contribution in [1.82, 2.24) is 4.90 Å². The zero-order valence-electron chi connectivity index (χ0n) is 11.2. The summed E-state index contributed by atoms with van der Waals surface area (Å²) in [6.45, 7) is 0.0756. The Hall–Kier alpha value is -1.86. The molecule has 110 valence electrons. The van der Waals surface area contributed by atoms with E-state index in [1.807, 2.05) is 17.2 Å². The van der Waals surface area contributed by atoms with Gasteiger partial charge in [-0.1, -0.05) is 6.08 Å². The lowest BCUT2D eigenvalue weighted by Gasteiger charge is -2.27. The van der Waals surface area contributed by atoms with Gasteiger partial charge in [-0.05, 0) is 19.3 Å². The third kappa shape index (κ3) is 3.58. The van der Waals surface area contributed by atoms with Gasteiger partial charge in [0, 0.05) is 18.0 Å². The number of rotatable bonds is 5. The van der Waals surface area contributed by atoms with Crippen molar-refractivity contribution in [1.29, 1.82) is 0 Å². The standard InChI is InChI=1S/C13H19N3O4/c14-6-12(17)19-8-10-3-4-11(20-10)16-5-1-2-9(7-16)13(15)18/h1,5,7,10-11H,2-4,6,8,14H2,(H2,15,18)/t10-,11+/m0/s1. The highest BCUT2D eigenvalue weighted by atomic mass is 16.6. The predicted octanol–water partition coefficient (Wildman–Crippen LogP) is -0.418. The number of ether oxygens (including phenoxy) is 2. The number of esters is 1. The van der Waals surface area contributed by atoms with Gasteiger partial charge < -0.3 is 25.8 Å². The number of allylic oxidation sites excluding steroid dienone is 1. The number of amides is 1. The summed E-state index contributed by atoms with van der Waals surface area (Å²) in [6.07, 6.45) is 7.25. The minimum atomic E-state index is -0.439. The largest absolute Gasteiger partial charge is 0.462 e. The zero-order valence-corrected chi connectivity index (χ0v) is 11.2. The first-order chi connectivity index (χ1) is 9.60. The van der Waals surface area contributed by atoms with Crippen molar-refractivity contribution in [2.75, 3.05) is 13.2 Å². The van der Waals surface area contributed by atoms with Crippen LogP contribution in [-0.4, -0.2) is 42.3 Å². The van der Waals surface area contributed by atoms with Crippen molar-refractivity contribution in [3.8, 4) is 0 Å². The average Bonchev–Trinajstić information content (AvgIpc) is 2.93. The smallest absolute Gasteiger partial charge is 0.319 e. The van der Waals surface area contributed by atoms with E-state index in [4.69, 9.17) is 20.9 Å². The summed E-state index contributed by atoms with van der Waals surface area (Å²) >= 11 is 0. The van der Waals surface area contributed by atoms with Crippen molar-refractivity contribution in [3.05, 3.63) is 24.0 Å². The molecule has 1 saturated heterocycles. The van der Waals surface area contributed by atoms with E-state index >= 15 is 0 Å². The number of carbonyl (C=O) groups is 2. The van der Waals surface area contributed by atoms with Gasteiger partial charge in [0.05, 0.1) is 12.6 Å². The summed E-state index contributed by atoms with van der Waals surface area (Å²) in [5.74, 6) is -0.864. The van der Waals surface area contributed by atoms with Gasteiger partial charge in [0.15, 0.2) is 0 Å². The number of carbonyl (C=O) groups excluding carboxylic acids is 2. The summed E-state index contributed by atoms with van der Waals surface area (Å²) in [7, 11) is 0. The molecule has 0 radical (unpaired) electrons. The molecule has 2 atom stereocenters. The van der Waals surface area contributed by atoms with Gasteiger partial charge in [0.2, 0.25) is 5.91 Å². The van der Waals surface area contributed by atoms with Crippen LogP contribution in [0.15, 0.2) is 24.0 Å². The number of hydrogen-bond acceptors (Lipinski definition) is 6. The van der Waals surface area contributed by atoms with Crippen LogP contribution in [0.2, 0.25) is 0 Å². The fraction of sp³-hybridized carbons (Fsp3) is 0.538. The summed E-state index contributed by atoms with van der Waals surface area (Å²) in [5, 5.41) is 0. The molecular formula is C13H19N3O4. The van der Waals surface area contributed by atoms with Crippen LogP contribution in [0.4, 0.5) is 0 Å². The van der Waals surface area contributed by atoms with E-state index in [0.717, 1.165) is 12.8 Å². The summed E-state index contributed by atoms with van der Waals surface area (Å²) in [5.41, 5.74) is 11.0. The van der Waals surface area contributed by atoms with Crippen LogP contribution in [0.25, 0.3) is 0 Å². The van der Waals surface area contributed by atoms with Crippen LogP contribution >= 0.6 is 0 Å². The predicted molar refractivity (Wildman–Crippen MR) is 70.8 cm³/mol. The molecule has 2 aliphatic rings. The molecule has 4 N–H and O–H groups in total. The number of nitrogens with zero attached hydrogens (tertiary/aromatic N) is 1. The van der Waals surface area contributed by atoms with Crippen LogP contribution in [0, 0.1) is 0 Å². The number of nitrogens with two attached hydrogens (primary N) is 2. The fourth-order valence-electron chi connectivity index (χ4n) is 2.19. The number of hydrogen-bond donors (Lipinski definition) is 2. The molecule has 0 aromatic rings. The molecule has 2 heterocycles. The normalized spacial score (nSPS) is 25.4. The lowest BCUT2D eigenvalue weighted by molar-refractivity contribution is -0.147. The van der Waals surface area contributed by atoms with Crippen LogP contribution in [0.1, 0.15) is 19.3 Å². The highest BCUT2D eigenvalue weighted by Crippen LogP contribution is 2.26. The monoisotopic (exact) mass is 281 g/mol. The first-order valence-electron chi connectivity index (χ1n) is 6.56. The molecule has 0 aliphatic carbocycles. The molecule has 2 rings (SSSR count). The fourth-order valence-corrected chi connectivity index (χ4v) is 2.19. The molecule has 7 heteroatoms. The topological polar surface area (TPSA) is 108 Å². The second-order valence-electron chi connectivity index (χ2n) is 4.73. The third-order valence-electron chi connectivity index (χ3n) is 3.25. The Morgan fingerprint density at radius 3 is 2.95 bits per heavy atom. The molecule has 0 aromatic carbocycles. The molecule has 1 amide bonds. The van der Waals surface area contributed by atoms with Crippen molar-refractivity contribution in [3.63, 3.8) is 0 Å². The van der Waals surface area contributed by atoms with Gasteiger partial charge >= 0.3 is 5.97 Å². The molecule has 0 saturated carbocycles. The Labute approximate surface area is 117 Å². The molecule has 0 aromatic heterocycles. The van der Waals surface area contributed by atoms with Gasteiger partial charge in [-0.3, -0.25) is 9.59 Å². The van der Waals surface area contributed by atoms with Gasteiger partial charge in [0.25, 0.3) is 0 Å². The minimum Gasteiger partial charge on any atom is -0.462 e. The first-order valence-corrected chi connectivity index (χ1v) is 6.56. The van der Waals surface area contributed by atoms with E-state index in [1.54, 1.807) is 6.20 Å².